The lowest BCUT2D eigenvalue weighted by Gasteiger charge is -2.23. The molecule has 6 heteroatoms. The van der Waals surface area contributed by atoms with Crippen LogP contribution in [0.5, 0.6) is 0 Å². The predicted octanol–water partition coefficient (Wildman–Crippen LogP) is 2.51. The number of rotatable bonds is 4. The Balaban J connectivity index is 1.89. The van der Waals surface area contributed by atoms with Gasteiger partial charge in [0.25, 0.3) is 0 Å². The van der Waals surface area contributed by atoms with Gasteiger partial charge in [-0.25, -0.2) is 4.79 Å². The molecule has 1 saturated heterocycles. The molecule has 2 rings (SSSR count). The summed E-state index contributed by atoms with van der Waals surface area (Å²) in [4.78, 5) is 27.0. The first-order valence-electron chi connectivity index (χ1n) is 6.79. The van der Waals surface area contributed by atoms with Crippen molar-refractivity contribution in [3.05, 3.63) is 21.4 Å². The number of carboxylic acids is 1. The zero-order valence-corrected chi connectivity index (χ0v) is 12.6. The molecule has 20 heavy (non-hydrogen) atoms. The zero-order valence-electron chi connectivity index (χ0n) is 11.8. The molecule has 0 radical (unpaired) electrons. The summed E-state index contributed by atoms with van der Waals surface area (Å²) in [6, 6.07) is 1.76. The van der Waals surface area contributed by atoms with Gasteiger partial charge in [0.05, 0.1) is 13.0 Å². The van der Waals surface area contributed by atoms with Crippen LogP contribution >= 0.6 is 11.3 Å². The molecule has 1 fully saturated rings. The number of carbonyl (C=O) groups is 2. The molecule has 1 aromatic rings. The van der Waals surface area contributed by atoms with E-state index in [2.05, 4.69) is 25.2 Å². The number of thiophene rings is 1. The van der Waals surface area contributed by atoms with Crippen LogP contribution in [0.3, 0.4) is 0 Å². The van der Waals surface area contributed by atoms with Gasteiger partial charge in [-0.3, -0.25) is 4.79 Å². The second kappa shape index (κ2) is 6.26. The summed E-state index contributed by atoms with van der Waals surface area (Å²) in [6.45, 7) is 5.27. The van der Waals surface area contributed by atoms with Crippen LogP contribution in [0.4, 0.5) is 4.79 Å². The second-order valence-corrected chi connectivity index (χ2v) is 6.54. The summed E-state index contributed by atoms with van der Waals surface area (Å²) in [5.74, 6) is -0.848. The van der Waals surface area contributed by atoms with Crippen LogP contribution in [0.25, 0.3) is 0 Å². The zero-order chi connectivity index (χ0) is 14.7. The maximum Gasteiger partial charge on any atom is 0.317 e. The molecule has 0 saturated carbocycles. The van der Waals surface area contributed by atoms with Gasteiger partial charge in [-0.2, -0.15) is 0 Å². The Bertz CT molecular complexity index is 493. The SMILES string of the molecule is Cc1cc(CNC(=O)N2CCCC2CC(=O)O)sc1C. The molecule has 1 unspecified atom stereocenters. The van der Waals surface area contributed by atoms with E-state index < -0.39 is 5.97 Å². The Morgan fingerprint density at radius 1 is 1.50 bits per heavy atom. The van der Waals surface area contributed by atoms with Crippen LogP contribution in [0.2, 0.25) is 0 Å². The molecule has 5 nitrogen and oxygen atoms in total. The third kappa shape index (κ3) is 3.50. The summed E-state index contributed by atoms with van der Waals surface area (Å²) >= 11 is 1.68. The minimum absolute atomic E-state index is 0.0324. The van der Waals surface area contributed by atoms with Crippen molar-refractivity contribution in [3.63, 3.8) is 0 Å². The third-order valence-electron chi connectivity index (χ3n) is 3.68. The number of amides is 2. The van der Waals surface area contributed by atoms with Crippen molar-refractivity contribution < 1.29 is 14.7 Å². The highest BCUT2D eigenvalue weighted by molar-refractivity contribution is 7.12. The number of carbonyl (C=O) groups excluding carboxylic acids is 1. The van der Waals surface area contributed by atoms with Crippen LogP contribution in [0.15, 0.2) is 6.07 Å². The smallest absolute Gasteiger partial charge is 0.317 e. The minimum Gasteiger partial charge on any atom is -0.481 e. The van der Waals surface area contributed by atoms with Crippen LogP contribution in [0, 0.1) is 13.8 Å². The molecule has 1 aliphatic heterocycles. The van der Waals surface area contributed by atoms with Crippen molar-refractivity contribution in [2.24, 2.45) is 0 Å². The van der Waals surface area contributed by atoms with Gasteiger partial charge in [-0.1, -0.05) is 0 Å². The summed E-state index contributed by atoms with van der Waals surface area (Å²) in [5.41, 5.74) is 1.24. The maximum atomic E-state index is 12.1. The average Bonchev–Trinajstić information content (AvgIpc) is 2.94. The molecule has 2 N–H and O–H groups in total. The first kappa shape index (κ1) is 14.8. The lowest BCUT2D eigenvalue weighted by Crippen LogP contribution is -2.43. The number of nitrogens with one attached hydrogen (secondary N) is 1. The van der Waals surface area contributed by atoms with Gasteiger partial charge in [0, 0.05) is 22.3 Å². The van der Waals surface area contributed by atoms with Crippen LogP contribution in [-0.2, 0) is 11.3 Å². The van der Waals surface area contributed by atoms with E-state index in [-0.39, 0.29) is 18.5 Å². The van der Waals surface area contributed by atoms with Gasteiger partial charge < -0.3 is 15.3 Å². The van der Waals surface area contributed by atoms with E-state index in [9.17, 15) is 9.59 Å². The fourth-order valence-electron chi connectivity index (χ4n) is 2.52. The molecule has 1 aromatic heterocycles. The van der Waals surface area contributed by atoms with Gasteiger partial charge >= 0.3 is 12.0 Å². The summed E-state index contributed by atoms with van der Waals surface area (Å²) in [7, 11) is 0. The highest BCUT2D eigenvalue weighted by Gasteiger charge is 2.30. The maximum absolute atomic E-state index is 12.1. The van der Waals surface area contributed by atoms with E-state index in [1.165, 1.54) is 10.4 Å². The second-order valence-electron chi connectivity index (χ2n) is 5.20. The van der Waals surface area contributed by atoms with Gasteiger partial charge in [-0.05, 0) is 38.3 Å². The fraction of sp³-hybridized carbons (Fsp3) is 0.571. The number of aliphatic carboxylic acids is 1. The van der Waals surface area contributed by atoms with Crippen LogP contribution in [-0.4, -0.2) is 34.6 Å². The number of urea groups is 1. The van der Waals surface area contributed by atoms with E-state index in [1.54, 1.807) is 16.2 Å². The Labute approximate surface area is 122 Å². The number of likely N-dealkylation sites (tertiary alicyclic amines) is 1. The fourth-order valence-corrected chi connectivity index (χ4v) is 3.51. The van der Waals surface area contributed by atoms with Crippen molar-refractivity contribution in [3.8, 4) is 0 Å². The van der Waals surface area contributed by atoms with Gasteiger partial charge in [0.15, 0.2) is 0 Å². The molecule has 0 aromatic carbocycles. The van der Waals surface area contributed by atoms with Crippen LogP contribution < -0.4 is 5.32 Å². The van der Waals surface area contributed by atoms with Crippen molar-refractivity contribution in [1.29, 1.82) is 0 Å². The highest BCUT2D eigenvalue weighted by atomic mass is 32.1. The van der Waals surface area contributed by atoms with Crippen molar-refractivity contribution >= 4 is 23.3 Å². The summed E-state index contributed by atoms with van der Waals surface area (Å²) in [5, 5.41) is 11.7. The molecule has 0 aliphatic carbocycles. The molecule has 0 spiro atoms. The van der Waals surface area contributed by atoms with E-state index >= 15 is 0 Å². The van der Waals surface area contributed by atoms with Crippen molar-refractivity contribution in [2.45, 2.75) is 45.7 Å². The normalized spacial score (nSPS) is 18.3. The number of hydrogen-bond acceptors (Lipinski definition) is 3. The Morgan fingerprint density at radius 3 is 2.85 bits per heavy atom. The topological polar surface area (TPSA) is 69.6 Å². The van der Waals surface area contributed by atoms with E-state index in [1.807, 2.05) is 0 Å². The third-order valence-corrected chi connectivity index (χ3v) is 4.83. The molecule has 2 heterocycles. The first-order valence-corrected chi connectivity index (χ1v) is 7.61. The van der Waals surface area contributed by atoms with Crippen molar-refractivity contribution in [2.75, 3.05) is 6.54 Å². The predicted molar refractivity (Wildman–Crippen MR) is 78.0 cm³/mol. The molecule has 1 atom stereocenters. The van der Waals surface area contributed by atoms with E-state index in [0.717, 1.165) is 17.7 Å². The lowest BCUT2D eigenvalue weighted by atomic mass is 10.1. The van der Waals surface area contributed by atoms with Gasteiger partial charge in [-0.15, -0.1) is 11.3 Å². The molecular weight excluding hydrogens is 276 g/mol. The van der Waals surface area contributed by atoms with Gasteiger partial charge in [0.2, 0.25) is 0 Å². The van der Waals surface area contributed by atoms with E-state index in [4.69, 9.17) is 5.11 Å². The molecule has 1 aliphatic rings. The van der Waals surface area contributed by atoms with Crippen LogP contribution in [0.1, 0.15) is 34.6 Å². The van der Waals surface area contributed by atoms with Crippen molar-refractivity contribution in [1.82, 2.24) is 10.2 Å². The number of hydrogen-bond donors (Lipinski definition) is 2. The Kier molecular flexibility index (Phi) is 4.65. The standard InChI is InChI=1S/C14H20N2O3S/c1-9-6-12(20-10(9)2)8-15-14(19)16-5-3-4-11(16)7-13(17)18/h6,11H,3-5,7-8H2,1-2H3,(H,15,19)(H,17,18). The monoisotopic (exact) mass is 296 g/mol. The van der Waals surface area contributed by atoms with Gasteiger partial charge in [0.1, 0.15) is 0 Å². The molecule has 110 valence electrons. The highest BCUT2D eigenvalue weighted by Crippen LogP contribution is 2.22. The number of carboxylic acid groups (broad SMARTS) is 1. The Morgan fingerprint density at radius 2 is 2.25 bits per heavy atom. The average molecular weight is 296 g/mol. The summed E-state index contributed by atoms with van der Waals surface area (Å²) in [6.07, 6.45) is 1.68. The molecule has 2 amide bonds. The number of nitrogens with zero attached hydrogens (tertiary/aromatic N) is 1. The first-order chi connectivity index (χ1) is 9.47. The lowest BCUT2D eigenvalue weighted by molar-refractivity contribution is -0.137. The summed E-state index contributed by atoms with van der Waals surface area (Å²) < 4.78 is 0. The van der Waals surface area contributed by atoms with E-state index in [0.29, 0.717) is 13.1 Å². The Hall–Kier alpha value is -1.56. The largest absolute Gasteiger partial charge is 0.481 e. The minimum atomic E-state index is -0.848. The molecular formula is C14H20N2O3S. The number of aryl methyl sites for hydroxylation is 2. The quantitative estimate of drug-likeness (QED) is 0.897. The molecule has 0 bridgehead atoms.